The molecule has 0 aliphatic carbocycles. The lowest BCUT2D eigenvalue weighted by atomic mass is 10.00. The molecule has 1 aliphatic heterocycles. The third-order valence-electron chi connectivity index (χ3n) is 3.26. The van der Waals surface area contributed by atoms with Gasteiger partial charge in [-0.05, 0) is 30.5 Å². The molecular weight excluding hydrogens is 266 g/mol. The van der Waals surface area contributed by atoms with Gasteiger partial charge < -0.3 is 10.6 Å². The van der Waals surface area contributed by atoms with Crippen molar-refractivity contribution in [1.29, 1.82) is 0 Å². The zero-order valence-corrected chi connectivity index (χ0v) is 11.5. The molecule has 1 aliphatic rings. The van der Waals surface area contributed by atoms with Crippen molar-refractivity contribution in [2.75, 3.05) is 17.2 Å². The number of hydrogen-bond acceptors (Lipinski definition) is 4. The number of fused-ring (bicyclic) bond motifs is 1. The summed E-state index contributed by atoms with van der Waals surface area (Å²) in [5.74, 6) is 0. The molecular formula is C13H14ClN3S. The van der Waals surface area contributed by atoms with Gasteiger partial charge in [-0.25, -0.2) is 4.98 Å². The van der Waals surface area contributed by atoms with Crippen LogP contribution in [0.1, 0.15) is 16.9 Å². The van der Waals surface area contributed by atoms with Crippen LogP contribution >= 0.6 is 22.9 Å². The predicted molar refractivity (Wildman–Crippen MR) is 77.3 cm³/mol. The highest BCUT2D eigenvalue weighted by atomic mass is 35.5. The Bertz CT molecular complexity index is 567. The van der Waals surface area contributed by atoms with E-state index >= 15 is 0 Å². The van der Waals surface area contributed by atoms with Gasteiger partial charge in [-0.1, -0.05) is 17.7 Å². The monoisotopic (exact) mass is 279 g/mol. The van der Waals surface area contributed by atoms with Gasteiger partial charge in [0.05, 0.1) is 6.54 Å². The van der Waals surface area contributed by atoms with Crippen LogP contribution in [0.4, 0.5) is 11.4 Å². The highest BCUT2D eigenvalue weighted by Crippen LogP contribution is 2.33. The third kappa shape index (κ3) is 2.18. The van der Waals surface area contributed by atoms with E-state index in [-0.39, 0.29) is 0 Å². The van der Waals surface area contributed by atoms with E-state index in [0.717, 1.165) is 31.6 Å². The van der Waals surface area contributed by atoms with Crippen molar-refractivity contribution in [1.82, 2.24) is 4.98 Å². The van der Waals surface area contributed by atoms with Gasteiger partial charge in [-0.3, -0.25) is 0 Å². The van der Waals surface area contributed by atoms with Gasteiger partial charge in [0.2, 0.25) is 0 Å². The number of benzene rings is 1. The molecule has 3 rings (SSSR count). The molecule has 0 saturated heterocycles. The SMILES string of the molecule is Nc1cccc2c1CCCN2Cc1cnc(Cl)s1. The molecule has 0 spiro atoms. The number of nitrogen functional groups attached to an aromatic ring is 1. The molecule has 5 heteroatoms. The summed E-state index contributed by atoms with van der Waals surface area (Å²) >= 11 is 7.41. The fraction of sp³-hybridized carbons (Fsp3) is 0.308. The van der Waals surface area contributed by atoms with E-state index < -0.39 is 0 Å². The van der Waals surface area contributed by atoms with Gasteiger partial charge in [-0.15, -0.1) is 11.3 Å². The Kier molecular flexibility index (Phi) is 3.14. The maximum absolute atomic E-state index is 6.04. The Morgan fingerprint density at radius 3 is 3.11 bits per heavy atom. The summed E-state index contributed by atoms with van der Waals surface area (Å²) in [7, 11) is 0. The van der Waals surface area contributed by atoms with Crippen LogP contribution in [0.25, 0.3) is 0 Å². The van der Waals surface area contributed by atoms with Gasteiger partial charge in [0.1, 0.15) is 0 Å². The lowest BCUT2D eigenvalue weighted by Crippen LogP contribution is -2.28. The van der Waals surface area contributed by atoms with Crippen LogP contribution in [0.2, 0.25) is 4.47 Å². The molecule has 0 atom stereocenters. The molecule has 1 aromatic carbocycles. The van der Waals surface area contributed by atoms with Crippen LogP contribution in [0, 0.1) is 0 Å². The van der Waals surface area contributed by atoms with Crippen LogP contribution in [0.5, 0.6) is 0 Å². The fourth-order valence-electron chi connectivity index (χ4n) is 2.44. The van der Waals surface area contributed by atoms with E-state index in [4.69, 9.17) is 17.3 Å². The van der Waals surface area contributed by atoms with Crippen LogP contribution in [0.15, 0.2) is 24.4 Å². The zero-order chi connectivity index (χ0) is 12.5. The summed E-state index contributed by atoms with van der Waals surface area (Å²) in [4.78, 5) is 7.64. The second kappa shape index (κ2) is 4.78. The smallest absolute Gasteiger partial charge is 0.183 e. The molecule has 2 heterocycles. The van der Waals surface area contributed by atoms with Crippen molar-refractivity contribution < 1.29 is 0 Å². The number of nitrogens with zero attached hydrogens (tertiary/aromatic N) is 2. The van der Waals surface area contributed by atoms with Crippen molar-refractivity contribution in [3.63, 3.8) is 0 Å². The second-order valence-corrected chi connectivity index (χ2v) is 6.15. The van der Waals surface area contributed by atoms with Crippen LogP contribution in [-0.4, -0.2) is 11.5 Å². The molecule has 0 bridgehead atoms. The van der Waals surface area contributed by atoms with Crippen LogP contribution in [0.3, 0.4) is 0 Å². The number of anilines is 2. The molecule has 18 heavy (non-hydrogen) atoms. The van der Waals surface area contributed by atoms with Crippen molar-refractivity contribution >= 4 is 34.3 Å². The summed E-state index contributed by atoms with van der Waals surface area (Å²) in [6.07, 6.45) is 4.07. The number of halogens is 1. The summed E-state index contributed by atoms with van der Waals surface area (Å²) < 4.78 is 0.606. The molecule has 0 unspecified atom stereocenters. The standard InChI is InChI=1S/C13H14ClN3S/c14-13-16-7-9(18-13)8-17-6-2-3-10-11(15)4-1-5-12(10)17/h1,4-5,7H,2-3,6,8,15H2. The normalized spacial score (nSPS) is 14.6. The molecule has 3 nitrogen and oxygen atoms in total. The number of thiazole rings is 1. The average Bonchev–Trinajstić information content (AvgIpc) is 2.76. The molecule has 0 saturated carbocycles. The maximum atomic E-state index is 6.04. The van der Waals surface area contributed by atoms with Gasteiger partial charge >= 0.3 is 0 Å². The first-order valence-corrected chi connectivity index (χ1v) is 7.16. The van der Waals surface area contributed by atoms with E-state index in [0.29, 0.717) is 4.47 Å². The number of rotatable bonds is 2. The molecule has 2 N–H and O–H groups in total. The minimum absolute atomic E-state index is 0.606. The highest BCUT2D eigenvalue weighted by Gasteiger charge is 2.19. The number of aromatic nitrogens is 1. The second-order valence-electron chi connectivity index (χ2n) is 4.45. The van der Waals surface area contributed by atoms with Crippen molar-refractivity contribution in [3.05, 3.63) is 39.3 Å². The minimum Gasteiger partial charge on any atom is -0.398 e. The first-order chi connectivity index (χ1) is 8.74. The number of nitrogens with two attached hydrogens (primary N) is 1. The summed E-state index contributed by atoms with van der Waals surface area (Å²) in [5, 5.41) is 0. The molecule has 0 fully saturated rings. The Morgan fingerprint density at radius 2 is 2.33 bits per heavy atom. The summed E-state index contributed by atoms with van der Waals surface area (Å²) in [6.45, 7) is 1.92. The average molecular weight is 280 g/mol. The molecule has 0 amide bonds. The van der Waals surface area contributed by atoms with E-state index in [1.807, 2.05) is 18.3 Å². The van der Waals surface area contributed by atoms with Crippen molar-refractivity contribution in [3.8, 4) is 0 Å². The largest absolute Gasteiger partial charge is 0.398 e. The van der Waals surface area contributed by atoms with E-state index in [2.05, 4.69) is 16.0 Å². The van der Waals surface area contributed by atoms with Crippen molar-refractivity contribution in [2.45, 2.75) is 19.4 Å². The minimum atomic E-state index is 0.606. The summed E-state index contributed by atoms with van der Waals surface area (Å²) in [5.41, 5.74) is 9.48. The predicted octanol–water partition coefficient (Wildman–Crippen LogP) is 3.33. The number of hydrogen-bond donors (Lipinski definition) is 1. The first-order valence-electron chi connectivity index (χ1n) is 5.96. The van der Waals surface area contributed by atoms with Gasteiger partial charge in [0, 0.05) is 29.0 Å². The summed E-state index contributed by atoms with van der Waals surface area (Å²) in [6, 6.07) is 6.14. The Hall–Kier alpha value is -1.26. The molecule has 2 aromatic rings. The fourth-order valence-corrected chi connectivity index (χ4v) is 3.43. The topological polar surface area (TPSA) is 42.1 Å². The van der Waals surface area contributed by atoms with Crippen LogP contribution < -0.4 is 10.6 Å². The zero-order valence-electron chi connectivity index (χ0n) is 9.90. The van der Waals surface area contributed by atoms with Crippen LogP contribution in [-0.2, 0) is 13.0 Å². The maximum Gasteiger partial charge on any atom is 0.183 e. The lowest BCUT2D eigenvalue weighted by molar-refractivity contribution is 0.696. The quantitative estimate of drug-likeness (QED) is 0.858. The van der Waals surface area contributed by atoms with E-state index in [1.165, 1.54) is 16.1 Å². The van der Waals surface area contributed by atoms with Gasteiger partial charge in [-0.2, -0.15) is 0 Å². The first kappa shape index (κ1) is 11.8. The van der Waals surface area contributed by atoms with Gasteiger partial charge in [0.15, 0.2) is 4.47 Å². The van der Waals surface area contributed by atoms with E-state index in [1.54, 1.807) is 11.3 Å². The molecule has 1 aromatic heterocycles. The lowest BCUT2D eigenvalue weighted by Gasteiger charge is -2.31. The molecule has 94 valence electrons. The highest BCUT2D eigenvalue weighted by molar-refractivity contribution is 7.15. The molecule has 0 radical (unpaired) electrons. The van der Waals surface area contributed by atoms with Crippen molar-refractivity contribution in [2.24, 2.45) is 0 Å². The Balaban J connectivity index is 1.89. The Morgan fingerprint density at radius 1 is 1.44 bits per heavy atom. The Labute approximate surface area is 115 Å². The third-order valence-corrected chi connectivity index (χ3v) is 4.35. The van der Waals surface area contributed by atoms with Gasteiger partial charge in [0.25, 0.3) is 0 Å². The van der Waals surface area contributed by atoms with E-state index in [9.17, 15) is 0 Å².